The molecule has 0 saturated heterocycles. The minimum absolute atomic E-state index is 0.0424. The Morgan fingerprint density at radius 1 is 0.327 bits per heavy atom. The van der Waals surface area contributed by atoms with Gasteiger partial charge in [-0.05, 0) is 101 Å². The van der Waals surface area contributed by atoms with Gasteiger partial charge in [0.15, 0.2) is 0 Å². The molecule has 228 valence electrons. The Kier molecular flexibility index (Phi) is 4.53. The van der Waals surface area contributed by atoms with Gasteiger partial charge in [-0.1, -0.05) is 158 Å². The molecule has 9 aromatic carbocycles. The van der Waals surface area contributed by atoms with E-state index in [0.717, 1.165) is 65.4 Å². The molecule has 0 amide bonds. The number of hydrogen-bond acceptors (Lipinski definition) is 1. The number of benzene rings is 9. The summed E-state index contributed by atoms with van der Waals surface area (Å²) < 4.78 is 84.7. The van der Waals surface area contributed by atoms with Crippen LogP contribution in [0.4, 0.5) is 0 Å². The second-order valence-electron chi connectivity index (χ2n) is 12.2. The highest BCUT2D eigenvalue weighted by Crippen LogP contribution is 2.45. The lowest BCUT2D eigenvalue weighted by Crippen LogP contribution is -1.91. The molecule has 1 aromatic heterocycles. The first-order valence-electron chi connectivity index (χ1n) is 20.6. The van der Waals surface area contributed by atoms with E-state index in [2.05, 4.69) is 42.5 Å². The molecule has 49 heavy (non-hydrogen) atoms. The maximum atomic E-state index is 9.41. The van der Waals surface area contributed by atoms with Gasteiger partial charge in [0, 0.05) is 10.8 Å². The molecule has 10 rings (SSSR count). The van der Waals surface area contributed by atoms with Gasteiger partial charge < -0.3 is 4.42 Å². The Morgan fingerprint density at radius 2 is 0.796 bits per heavy atom. The van der Waals surface area contributed by atoms with Gasteiger partial charge in [0.25, 0.3) is 0 Å². The monoisotopic (exact) mass is 631 g/mol. The van der Waals surface area contributed by atoms with E-state index in [1.807, 2.05) is 60.7 Å². The first-order valence-corrected chi connectivity index (χ1v) is 16.1. The summed E-state index contributed by atoms with van der Waals surface area (Å²) in [7, 11) is 0. The number of furan rings is 1. The summed E-state index contributed by atoms with van der Waals surface area (Å²) in [6, 6.07) is 38.0. The summed E-state index contributed by atoms with van der Waals surface area (Å²) in [6.45, 7) is 0. The summed E-state index contributed by atoms with van der Waals surface area (Å²) in [5.41, 5.74) is 5.19. The zero-order valence-corrected chi connectivity index (χ0v) is 26.0. The summed E-state index contributed by atoms with van der Waals surface area (Å²) >= 11 is 0. The van der Waals surface area contributed by atoms with Gasteiger partial charge in [-0.25, -0.2) is 0 Å². The van der Waals surface area contributed by atoms with Gasteiger partial charge in [-0.15, -0.1) is 0 Å². The molecule has 10 aromatic rings. The Labute approximate surface area is 297 Å². The van der Waals surface area contributed by atoms with Crippen LogP contribution in [0.5, 0.6) is 0 Å². The van der Waals surface area contributed by atoms with E-state index in [0.29, 0.717) is 16.7 Å². The summed E-state index contributed by atoms with van der Waals surface area (Å²) in [5, 5.41) is 7.65. The van der Waals surface area contributed by atoms with Crippen molar-refractivity contribution in [2.75, 3.05) is 0 Å². The third kappa shape index (κ3) is 4.55. The van der Waals surface area contributed by atoms with Crippen molar-refractivity contribution in [2.24, 2.45) is 0 Å². The van der Waals surface area contributed by atoms with Crippen molar-refractivity contribution in [1.82, 2.24) is 0 Å². The van der Waals surface area contributed by atoms with Crippen LogP contribution in [0.15, 0.2) is 186 Å². The molecular formula is C48H30O. The van der Waals surface area contributed by atoms with Crippen molar-refractivity contribution >= 4 is 54.3 Å². The Morgan fingerprint density at radius 3 is 1.41 bits per heavy atom. The molecule has 0 bridgehead atoms. The van der Waals surface area contributed by atoms with Gasteiger partial charge in [0.1, 0.15) is 11.2 Å². The lowest BCUT2D eigenvalue weighted by molar-refractivity contribution is 0.669. The van der Waals surface area contributed by atoms with Crippen molar-refractivity contribution in [2.45, 2.75) is 0 Å². The average Bonchev–Trinajstić information content (AvgIpc) is 3.60. The van der Waals surface area contributed by atoms with Crippen molar-refractivity contribution in [3.8, 4) is 44.5 Å². The van der Waals surface area contributed by atoms with E-state index in [-0.39, 0.29) is 52.9 Å². The number of fused-ring (bicyclic) bond motifs is 6. The van der Waals surface area contributed by atoms with E-state index in [4.69, 9.17) is 11.3 Å². The predicted octanol–water partition coefficient (Wildman–Crippen LogP) is 13.7. The first kappa shape index (κ1) is 20.0. The summed E-state index contributed by atoms with van der Waals surface area (Å²) in [5.74, 6) is 0. The first-order chi connectivity index (χ1) is 28.0. The van der Waals surface area contributed by atoms with Crippen molar-refractivity contribution in [1.29, 1.82) is 0 Å². The topological polar surface area (TPSA) is 13.1 Å². The van der Waals surface area contributed by atoms with Gasteiger partial charge >= 0.3 is 0 Å². The Bertz CT molecular complexity index is 3270. The fraction of sp³-hybridized carbons (Fsp3) is 0. The molecule has 0 saturated carbocycles. The van der Waals surface area contributed by atoms with Crippen LogP contribution in [0.25, 0.3) is 98.8 Å². The van der Waals surface area contributed by atoms with Crippen LogP contribution in [0.2, 0.25) is 0 Å². The molecule has 0 aliphatic heterocycles. The third-order valence-corrected chi connectivity index (χ3v) is 9.40. The van der Waals surface area contributed by atoms with Gasteiger partial charge in [-0.2, -0.15) is 0 Å². The van der Waals surface area contributed by atoms with E-state index in [9.17, 15) is 5.48 Å². The molecule has 1 heterocycles. The van der Waals surface area contributed by atoms with Crippen LogP contribution in [-0.2, 0) is 0 Å². The lowest BCUT2D eigenvalue weighted by Gasteiger charge is -2.18. The highest BCUT2D eigenvalue weighted by molar-refractivity contribution is 6.22. The zero-order valence-electron chi connectivity index (χ0n) is 35.0. The molecule has 1 heteroatoms. The molecule has 0 atom stereocenters. The van der Waals surface area contributed by atoms with E-state index >= 15 is 0 Å². The van der Waals surface area contributed by atoms with Crippen LogP contribution in [-0.4, -0.2) is 0 Å². The quantitative estimate of drug-likeness (QED) is 0.176. The molecule has 0 radical (unpaired) electrons. The molecule has 0 aliphatic carbocycles. The summed E-state index contributed by atoms with van der Waals surface area (Å²) in [4.78, 5) is 0. The number of rotatable bonds is 4. The molecule has 0 fully saturated rings. The minimum atomic E-state index is -0.479. The molecule has 0 N–H and O–H groups in total. The van der Waals surface area contributed by atoms with Crippen LogP contribution in [0.1, 0.15) is 12.3 Å². The normalized spacial score (nSPS) is 14.2. The maximum Gasteiger partial charge on any atom is 0.136 e. The Balaban J connectivity index is 1.15. The zero-order chi connectivity index (χ0) is 40.1. The van der Waals surface area contributed by atoms with Crippen LogP contribution >= 0.6 is 0 Å². The fourth-order valence-corrected chi connectivity index (χ4v) is 7.11. The van der Waals surface area contributed by atoms with Gasteiger partial charge in [-0.3, -0.25) is 0 Å². The Hall–Kier alpha value is -6.44. The minimum Gasteiger partial charge on any atom is -0.456 e. The van der Waals surface area contributed by atoms with Crippen molar-refractivity contribution < 1.29 is 16.8 Å². The van der Waals surface area contributed by atoms with E-state index < -0.39 is 18.1 Å². The fourth-order valence-electron chi connectivity index (χ4n) is 7.11. The van der Waals surface area contributed by atoms with Crippen molar-refractivity contribution in [3.05, 3.63) is 182 Å². The molecule has 1 nitrogen and oxygen atoms in total. The second kappa shape index (κ2) is 11.1. The predicted molar refractivity (Wildman–Crippen MR) is 208 cm³/mol. The van der Waals surface area contributed by atoms with Crippen molar-refractivity contribution in [3.63, 3.8) is 0 Å². The van der Waals surface area contributed by atoms with E-state index in [1.54, 1.807) is 24.3 Å². The molecular weight excluding hydrogens is 593 g/mol. The SMILES string of the molecule is [2H]c1c([2H])c([2H])c(-c2ccc(-c3c([2H])c([2H])c(-c4c5ccccc5c(-c5ccc6c(c5)oc5cc7ccccc7cc56)c5ccccc45)c([2H])c3[2H])cc2)c([2H])c1[2H]. The highest BCUT2D eigenvalue weighted by Gasteiger charge is 2.18. The smallest absolute Gasteiger partial charge is 0.136 e. The van der Waals surface area contributed by atoms with E-state index in [1.165, 1.54) is 0 Å². The highest BCUT2D eigenvalue weighted by atomic mass is 16.3. The van der Waals surface area contributed by atoms with Gasteiger partial charge in [0.2, 0.25) is 0 Å². The molecule has 0 spiro atoms. The largest absolute Gasteiger partial charge is 0.456 e. The maximum absolute atomic E-state index is 9.41. The third-order valence-electron chi connectivity index (χ3n) is 9.40. The van der Waals surface area contributed by atoms with Crippen LogP contribution in [0, 0.1) is 0 Å². The molecule has 0 unspecified atom stereocenters. The lowest BCUT2D eigenvalue weighted by atomic mass is 9.85. The van der Waals surface area contributed by atoms with Crippen LogP contribution < -0.4 is 0 Å². The second-order valence-corrected chi connectivity index (χ2v) is 12.2. The standard InChI is InChI=1S/C48H30O/c1-2-10-31(11-3-1)32-18-20-33(21-19-32)34-22-24-35(25-23-34)47-40-14-6-8-16-42(40)48(43-17-9-7-15-41(43)47)38-26-27-39-44-28-36-12-4-5-13-37(36)29-46(44)49-45(39)30-38/h1-30H/i1D,2D,3D,10D,11D,22D,23D,24D,25D. The average molecular weight is 632 g/mol. The van der Waals surface area contributed by atoms with Gasteiger partial charge in [0.05, 0.1) is 12.3 Å². The number of hydrogen-bond donors (Lipinski definition) is 0. The molecule has 0 aliphatic rings. The summed E-state index contributed by atoms with van der Waals surface area (Å²) in [6.07, 6.45) is 0. The van der Waals surface area contributed by atoms with Crippen LogP contribution in [0.3, 0.4) is 0 Å².